The van der Waals surface area contributed by atoms with Gasteiger partial charge in [0.1, 0.15) is 0 Å². The summed E-state index contributed by atoms with van der Waals surface area (Å²) in [6.07, 6.45) is 12.2. The zero-order valence-electron chi connectivity index (χ0n) is 16.8. The average molecular weight is 376 g/mol. The minimum absolute atomic E-state index is 0.346. The third-order valence-corrected chi connectivity index (χ3v) is 7.46. The molecule has 2 amide bonds. The molecule has 3 atom stereocenters. The van der Waals surface area contributed by atoms with Crippen molar-refractivity contribution >= 4 is 11.8 Å². The summed E-state index contributed by atoms with van der Waals surface area (Å²) in [5, 5.41) is 3.73. The van der Waals surface area contributed by atoms with Crippen LogP contribution in [-0.2, 0) is 9.59 Å². The van der Waals surface area contributed by atoms with Crippen LogP contribution in [0, 0.1) is 17.8 Å². The molecular formula is C22H37N3O2. The van der Waals surface area contributed by atoms with E-state index in [1.165, 1.54) is 44.9 Å². The van der Waals surface area contributed by atoms with Crippen molar-refractivity contribution in [2.45, 2.75) is 76.7 Å². The molecule has 3 saturated heterocycles. The number of fused-ring (bicyclic) bond motifs is 2. The summed E-state index contributed by atoms with van der Waals surface area (Å²) in [7, 11) is 0. The van der Waals surface area contributed by atoms with Crippen molar-refractivity contribution < 1.29 is 9.59 Å². The largest absolute Gasteiger partial charge is 0.343 e. The molecule has 4 aliphatic rings. The van der Waals surface area contributed by atoms with E-state index >= 15 is 0 Å². The summed E-state index contributed by atoms with van der Waals surface area (Å²) in [4.78, 5) is 29.3. The molecule has 3 heterocycles. The summed E-state index contributed by atoms with van der Waals surface area (Å²) < 4.78 is 0. The molecule has 2 bridgehead atoms. The summed E-state index contributed by atoms with van der Waals surface area (Å²) in [5.74, 6) is 2.59. The zero-order valence-corrected chi connectivity index (χ0v) is 16.8. The van der Waals surface area contributed by atoms with Crippen LogP contribution in [0.1, 0.15) is 70.6 Å². The maximum Gasteiger partial charge on any atom is 0.222 e. The van der Waals surface area contributed by atoms with Gasteiger partial charge in [-0.05, 0) is 69.2 Å². The van der Waals surface area contributed by atoms with Gasteiger partial charge in [0.2, 0.25) is 11.8 Å². The lowest BCUT2D eigenvalue weighted by Gasteiger charge is -2.46. The first kappa shape index (κ1) is 19.2. The van der Waals surface area contributed by atoms with E-state index in [0.717, 1.165) is 52.0 Å². The van der Waals surface area contributed by atoms with Crippen molar-refractivity contribution in [1.29, 1.82) is 0 Å². The Morgan fingerprint density at radius 1 is 0.926 bits per heavy atom. The number of hydrogen-bond donors (Lipinski definition) is 1. The van der Waals surface area contributed by atoms with E-state index in [1.807, 2.05) is 4.90 Å². The molecular weight excluding hydrogens is 338 g/mol. The van der Waals surface area contributed by atoms with E-state index in [9.17, 15) is 9.59 Å². The van der Waals surface area contributed by atoms with Gasteiger partial charge in [0.25, 0.3) is 0 Å². The highest BCUT2D eigenvalue weighted by Gasteiger charge is 2.38. The van der Waals surface area contributed by atoms with Crippen LogP contribution in [0.3, 0.4) is 0 Å². The smallest absolute Gasteiger partial charge is 0.222 e. The maximum absolute atomic E-state index is 12.8. The molecule has 3 aliphatic heterocycles. The number of rotatable bonds is 6. The van der Waals surface area contributed by atoms with Crippen LogP contribution in [0.5, 0.6) is 0 Å². The van der Waals surface area contributed by atoms with Gasteiger partial charge in [-0.1, -0.05) is 12.8 Å². The third-order valence-electron chi connectivity index (χ3n) is 7.46. The molecule has 0 radical (unpaired) electrons. The summed E-state index contributed by atoms with van der Waals surface area (Å²) in [6.45, 7) is 4.84. The first-order valence-electron chi connectivity index (χ1n) is 11.5. The first-order valence-corrected chi connectivity index (χ1v) is 11.5. The minimum Gasteiger partial charge on any atom is -0.343 e. The maximum atomic E-state index is 12.8. The molecule has 0 aromatic heterocycles. The summed E-state index contributed by atoms with van der Waals surface area (Å²) in [5.41, 5.74) is 0. The topological polar surface area (TPSA) is 52.7 Å². The first-order chi connectivity index (χ1) is 13.2. The highest BCUT2D eigenvalue weighted by molar-refractivity contribution is 5.77. The molecule has 5 nitrogen and oxygen atoms in total. The summed E-state index contributed by atoms with van der Waals surface area (Å²) >= 11 is 0. The standard InChI is InChI=1S/C22H37N3O2/c26-21(24-10-3-4-11-24)9-5-8-20-19-12-18(14-23-20)15-25(16-19)22(27)13-17-6-1-2-7-17/h17-20,23H,1-16H2. The van der Waals surface area contributed by atoms with Crippen molar-refractivity contribution in [2.24, 2.45) is 17.8 Å². The van der Waals surface area contributed by atoms with Gasteiger partial charge in [0.15, 0.2) is 0 Å². The Kier molecular flexibility index (Phi) is 6.36. The molecule has 1 N–H and O–H groups in total. The molecule has 5 heteroatoms. The molecule has 27 heavy (non-hydrogen) atoms. The normalized spacial score (nSPS) is 31.5. The number of nitrogens with one attached hydrogen (secondary N) is 1. The lowest BCUT2D eigenvalue weighted by Crippen LogP contribution is -2.57. The van der Waals surface area contributed by atoms with E-state index in [2.05, 4.69) is 10.2 Å². The van der Waals surface area contributed by atoms with Crippen LogP contribution in [-0.4, -0.2) is 60.4 Å². The zero-order chi connectivity index (χ0) is 18.6. The monoisotopic (exact) mass is 375 g/mol. The van der Waals surface area contributed by atoms with Crippen molar-refractivity contribution in [3.05, 3.63) is 0 Å². The fourth-order valence-electron chi connectivity index (χ4n) is 5.90. The van der Waals surface area contributed by atoms with Gasteiger partial charge in [-0.15, -0.1) is 0 Å². The molecule has 1 saturated carbocycles. The molecule has 0 spiro atoms. The number of carbonyl (C=O) groups excluding carboxylic acids is 2. The second-order valence-electron chi connectivity index (χ2n) is 9.51. The van der Waals surface area contributed by atoms with E-state index in [0.29, 0.717) is 42.0 Å². The number of nitrogens with zero attached hydrogens (tertiary/aromatic N) is 2. The number of carbonyl (C=O) groups is 2. The second kappa shape index (κ2) is 8.93. The van der Waals surface area contributed by atoms with Gasteiger partial charge >= 0.3 is 0 Å². The van der Waals surface area contributed by atoms with Gasteiger partial charge in [0.05, 0.1) is 0 Å². The predicted molar refractivity (Wildman–Crippen MR) is 106 cm³/mol. The summed E-state index contributed by atoms with van der Waals surface area (Å²) in [6, 6.07) is 0.481. The second-order valence-corrected chi connectivity index (χ2v) is 9.51. The van der Waals surface area contributed by atoms with Gasteiger partial charge in [-0.2, -0.15) is 0 Å². The Morgan fingerprint density at radius 2 is 1.70 bits per heavy atom. The van der Waals surface area contributed by atoms with Crippen LogP contribution in [0.4, 0.5) is 0 Å². The Morgan fingerprint density at radius 3 is 2.48 bits per heavy atom. The molecule has 4 rings (SSSR count). The highest BCUT2D eigenvalue weighted by Crippen LogP contribution is 2.33. The van der Waals surface area contributed by atoms with E-state index in [-0.39, 0.29) is 0 Å². The van der Waals surface area contributed by atoms with Gasteiger partial charge < -0.3 is 15.1 Å². The third kappa shape index (κ3) is 4.85. The minimum atomic E-state index is 0.346. The van der Waals surface area contributed by atoms with E-state index < -0.39 is 0 Å². The Labute approximate surface area is 164 Å². The molecule has 1 aliphatic carbocycles. The fourth-order valence-corrected chi connectivity index (χ4v) is 5.90. The van der Waals surface area contributed by atoms with Crippen LogP contribution < -0.4 is 5.32 Å². The van der Waals surface area contributed by atoms with Crippen molar-refractivity contribution in [3.63, 3.8) is 0 Å². The van der Waals surface area contributed by atoms with Crippen LogP contribution in [0.15, 0.2) is 0 Å². The van der Waals surface area contributed by atoms with Crippen LogP contribution in [0.2, 0.25) is 0 Å². The van der Waals surface area contributed by atoms with Crippen LogP contribution >= 0.6 is 0 Å². The van der Waals surface area contributed by atoms with E-state index in [1.54, 1.807) is 0 Å². The number of amides is 2. The SMILES string of the molecule is O=C(CCCC1NCC2CC1CN(C(=O)CC1CCCC1)C2)N1CCCC1. The van der Waals surface area contributed by atoms with Gasteiger partial charge in [-0.25, -0.2) is 0 Å². The van der Waals surface area contributed by atoms with E-state index in [4.69, 9.17) is 0 Å². The van der Waals surface area contributed by atoms with Gasteiger partial charge in [-0.3, -0.25) is 9.59 Å². The number of piperidine rings is 2. The van der Waals surface area contributed by atoms with Crippen molar-refractivity contribution in [1.82, 2.24) is 15.1 Å². The lowest BCUT2D eigenvalue weighted by atomic mass is 9.78. The molecule has 3 unspecified atom stereocenters. The van der Waals surface area contributed by atoms with Crippen LogP contribution in [0.25, 0.3) is 0 Å². The lowest BCUT2D eigenvalue weighted by molar-refractivity contribution is -0.136. The van der Waals surface area contributed by atoms with Gasteiger partial charge in [0, 0.05) is 45.1 Å². The van der Waals surface area contributed by atoms with Crippen molar-refractivity contribution in [3.8, 4) is 0 Å². The predicted octanol–water partition coefficient (Wildman–Crippen LogP) is 2.80. The number of hydrogen-bond acceptors (Lipinski definition) is 3. The average Bonchev–Trinajstić information content (AvgIpc) is 3.37. The molecule has 0 aromatic carbocycles. The molecule has 152 valence electrons. The van der Waals surface area contributed by atoms with Crippen molar-refractivity contribution in [2.75, 3.05) is 32.7 Å². The number of likely N-dealkylation sites (tertiary alicyclic amines) is 2. The fraction of sp³-hybridized carbons (Fsp3) is 0.909. The quantitative estimate of drug-likeness (QED) is 0.777. The molecule has 4 fully saturated rings. The Hall–Kier alpha value is -1.10. The molecule has 0 aromatic rings. The Balaban J connectivity index is 1.23. The highest BCUT2D eigenvalue weighted by atomic mass is 16.2. The Bertz CT molecular complexity index is 526.